The summed E-state index contributed by atoms with van der Waals surface area (Å²) >= 11 is 0. The highest BCUT2D eigenvalue weighted by Gasteiger charge is 2.31. The summed E-state index contributed by atoms with van der Waals surface area (Å²) in [5.41, 5.74) is 3.31. The van der Waals surface area contributed by atoms with Crippen LogP contribution in [-0.2, 0) is 9.59 Å². The fraction of sp³-hybridized carbons (Fsp3) is 0.529. The number of amides is 2. The van der Waals surface area contributed by atoms with Crippen LogP contribution in [0.5, 0.6) is 0 Å². The smallest absolute Gasteiger partial charge is 0.229 e. The van der Waals surface area contributed by atoms with Gasteiger partial charge >= 0.3 is 0 Å². The summed E-state index contributed by atoms with van der Waals surface area (Å²) in [5, 5.41) is 2.96. The molecule has 1 aliphatic heterocycles. The van der Waals surface area contributed by atoms with E-state index in [4.69, 9.17) is 0 Å². The SMILES string of the molecule is Cc1ccc(N2C[C@@H](NC(=O)CC(C)C)CC2=O)cc1C. The van der Waals surface area contributed by atoms with Gasteiger partial charge in [-0.3, -0.25) is 9.59 Å². The van der Waals surface area contributed by atoms with Gasteiger partial charge in [-0.2, -0.15) is 0 Å². The van der Waals surface area contributed by atoms with Gasteiger partial charge in [0.2, 0.25) is 11.8 Å². The van der Waals surface area contributed by atoms with Gasteiger partial charge in [0.1, 0.15) is 0 Å². The van der Waals surface area contributed by atoms with Gasteiger partial charge in [0.15, 0.2) is 0 Å². The van der Waals surface area contributed by atoms with E-state index in [1.54, 1.807) is 4.90 Å². The van der Waals surface area contributed by atoms with Crippen LogP contribution >= 0.6 is 0 Å². The predicted octanol–water partition coefficient (Wildman–Crippen LogP) is 2.57. The molecule has 0 aliphatic carbocycles. The van der Waals surface area contributed by atoms with Crippen molar-refractivity contribution >= 4 is 17.5 Å². The first-order valence-electron chi connectivity index (χ1n) is 7.53. The highest BCUT2D eigenvalue weighted by molar-refractivity contribution is 5.97. The third-order valence-electron chi connectivity index (χ3n) is 3.89. The molecule has 0 bridgehead atoms. The lowest BCUT2D eigenvalue weighted by Crippen LogP contribution is -2.37. The molecule has 1 aromatic rings. The maximum absolute atomic E-state index is 12.2. The zero-order valence-electron chi connectivity index (χ0n) is 13.3. The highest BCUT2D eigenvalue weighted by Crippen LogP contribution is 2.24. The first kappa shape index (κ1) is 15.5. The molecule has 1 aromatic carbocycles. The molecular formula is C17H24N2O2. The first-order valence-corrected chi connectivity index (χ1v) is 7.53. The summed E-state index contributed by atoms with van der Waals surface area (Å²) in [7, 11) is 0. The average molecular weight is 288 g/mol. The number of nitrogens with zero attached hydrogens (tertiary/aromatic N) is 1. The number of carbonyl (C=O) groups excluding carboxylic acids is 2. The van der Waals surface area contributed by atoms with Crippen LogP contribution in [0.4, 0.5) is 5.69 Å². The van der Waals surface area contributed by atoms with Crippen LogP contribution in [0.15, 0.2) is 18.2 Å². The zero-order chi connectivity index (χ0) is 15.6. The molecule has 1 atom stereocenters. The van der Waals surface area contributed by atoms with Crippen molar-refractivity contribution in [1.82, 2.24) is 5.32 Å². The lowest BCUT2D eigenvalue weighted by Gasteiger charge is -2.18. The van der Waals surface area contributed by atoms with Crippen LogP contribution in [0.2, 0.25) is 0 Å². The highest BCUT2D eigenvalue weighted by atomic mass is 16.2. The molecule has 21 heavy (non-hydrogen) atoms. The van der Waals surface area contributed by atoms with E-state index in [0.717, 1.165) is 5.69 Å². The van der Waals surface area contributed by atoms with Crippen molar-refractivity contribution in [2.24, 2.45) is 5.92 Å². The Balaban J connectivity index is 2.02. The number of anilines is 1. The largest absolute Gasteiger partial charge is 0.351 e. The fourth-order valence-electron chi connectivity index (χ4n) is 2.60. The van der Waals surface area contributed by atoms with Gasteiger partial charge in [-0.05, 0) is 43.0 Å². The third kappa shape index (κ3) is 3.84. The van der Waals surface area contributed by atoms with Gasteiger partial charge in [0.25, 0.3) is 0 Å². The lowest BCUT2D eigenvalue weighted by atomic mass is 10.1. The molecule has 0 saturated carbocycles. The van der Waals surface area contributed by atoms with Crippen LogP contribution in [0, 0.1) is 19.8 Å². The summed E-state index contributed by atoms with van der Waals surface area (Å²) in [4.78, 5) is 25.7. The molecule has 114 valence electrons. The molecule has 0 aromatic heterocycles. The van der Waals surface area contributed by atoms with Gasteiger partial charge in [-0.1, -0.05) is 19.9 Å². The van der Waals surface area contributed by atoms with E-state index in [-0.39, 0.29) is 17.9 Å². The van der Waals surface area contributed by atoms with Crippen molar-refractivity contribution in [3.8, 4) is 0 Å². The quantitative estimate of drug-likeness (QED) is 0.925. The molecule has 0 spiro atoms. The first-order chi connectivity index (χ1) is 9.86. The summed E-state index contributed by atoms with van der Waals surface area (Å²) in [6.07, 6.45) is 0.894. The molecule has 0 unspecified atom stereocenters. The molecule has 1 N–H and O–H groups in total. The van der Waals surface area contributed by atoms with Crippen molar-refractivity contribution < 1.29 is 9.59 Å². The number of rotatable bonds is 4. The van der Waals surface area contributed by atoms with Crippen LogP contribution in [0.1, 0.15) is 37.8 Å². The fourth-order valence-corrected chi connectivity index (χ4v) is 2.60. The van der Waals surface area contributed by atoms with Crippen LogP contribution < -0.4 is 10.2 Å². The summed E-state index contributed by atoms with van der Waals surface area (Å²) in [5.74, 6) is 0.441. The number of aryl methyl sites for hydroxylation is 2. The zero-order valence-corrected chi connectivity index (χ0v) is 13.3. The Kier molecular flexibility index (Phi) is 4.66. The molecule has 2 amide bonds. The van der Waals surface area contributed by atoms with Gasteiger partial charge in [0, 0.05) is 25.1 Å². The maximum atomic E-state index is 12.2. The second-order valence-corrected chi connectivity index (χ2v) is 6.34. The van der Waals surface area contributed by atoms with E-state index in [2.05, 4.69) is 12.2 Å². The molecule has 1 fully saturated rings. The Morgan fingerprint density at radius 1 is 1.33 bits per heavy atom. The van der Waals surface area contributed by atoms with E-state index in [1.807, 2.05) is 39.0 Å². The Hall–Kier alpha value is -1.84. The Morgan fingerprint density at radius 2 is 2.05 bits per heavy atom. The summed E-state index contributed by atoms with van der Waals surface area (Å²) in [6, 6.07) is 5.96. The summed E-state index contributed by atoms with van der Waals surface area (Å²) in [6.45, 7) is 8.69. The molecule has 1 saturated heterocycles. The Labute approximate surface area is 126 Å². The molecule has 1 heterocycles. The third-order valence-corrected chi connectivity index (χ3v) is 3.89. The second kappa shape index (κ2) is 6.29. The van der Waals surface area contributed by atoms with Crippen molar-refractivity contribution in [2.45, 2.75) is 46.6 Å². The molecule has 4 nitrogen and oxygen atoms in total. The normalized spacial score (nSPS) is 18.4. The van der Waals surface area contributed by atoms with Crippen LogP contribution in [-0.4, -0.2) is 24.4 Å². The second-order valence-electron chi connectivity index (χ2n) is 6.34. The standard InChI is InChI=1S/C17H24N2O2/c1-11(2)7-16(20)18-14-9-17(21)19(10-14)15-6-5-12(3)13(4)8-15/h5-6,8,11,14H,7,9-10H2,1-4H3,(H,18,20)/t14-/m0/s1. The molecule has 0 radical (unpaired) electrons. The van der Waals surface area contributed by atoms with Crippen LogP contribution in [0.25, 0.3) is 0 Å². The van der Waals surface area contributed by atoms with E-state index in [0.29, 0.717) is 25.3 Å². The Bertz CT molecular complexity index is 552. The monoisotopic (exact) mass is 288 g/mol. The van der Waals surface area contributed by atoms with Gasteiger partial charge in [-0.15, -0.1) is 0 Å². The van der Waals surface area contributed by atoms with E-state index < -0.39 is 0 Å². The number of nitrogens with one attached hydrogen (secondary N) is 1. The molecule has 1 aliphatic rings. The molecule has 4 heteroatoms. The summed E-state index contributed by atoms with van der Waals surface area (Å²) < 4.78 is 0. The topological polar surface area (TPSA) is 49.4 Å². The maximum Gasteiger partial charge on any atom is 0.229 e. The number of carbonyl (C=O) groups is 2. The molecular weight excluding hydrogens is 264 g/mol. The van der Waals surface area contributed by atoms with E-state index in [9.17, 15) is 9.59 Å². The predicted molar refractivity (Wildman–Crippen MR) is 84.3 cm³/mol. The minimum absolute atomic E-state index is 0.0322. The van der Waals surface area contributed by atoms with Gasteiger partial charge in [0.05, 0.1) is 6.04 Å². The number of hydrogen-bond acceptors (Lipinski definition) is 2. The minimum atomic E-state index is -0.0784. The number of hydrogen-bond donors (Lipinski definition) is 1. The van der Waals surface area contributed by atoms with Crippen LogP contribution in [0.3, 0.4) is 0 Å². The van der Waals surface area contributed by atoms with Gasteiger partial charge in [-0.25, -0.2) is 0 Å². The van der Waals surface area contributed by atoms with Crippen molar-refractivity contribution in [3.63, 3.8) is 0 Å². The van der Waals surface area contributed by atoms with E-state index in [1.165, 1.54) is 11.1 Å². The number of benzene rings is 1. The Morgan fingerprint density at radius 3 is 2.67 bits per heavy atom. The molecule has 2 rings (SSSR count). The minimum Gasteiger partial charge on any atom is -0.351 e. The average Bonchev–Trinajstić information content (AvgIpc) is 2.72. The lowest BCUT2D eigenvalue weighted by molar-refractivity contribution is -0.122. The van der Waals surface area contributed by atoms with Crippen molar-refractivity contribution in [1.29, 1.82) is 0 Å². The van der Waals surface area contributed by atoms with Gasteiger partial charge < -0.3 is 10.2 Å². The van der Waals surface area contributed by atoms with Crippen molar-refractivity contribution in [2.75, 3.05) is 11.4 Å². The van der Waals surface area contributed by atoms with Crippen molar-refractivity contribution in [3.05, 3.63) is 29.3 Å². The van der Waals surface area contributed by atoms with E-state index >= 15 is 0 Å².